The average molecular weight is 681 g/mol. The predicted octanol–water partition coefficient (Wildman–Crippen LogP) is 3.07. The van der Waals surface area contributed by atoms with Crippen LogP contribution in [0.25, 0.3) is 10.1 Å². The fourth-order valence-electron chi connectivity index (χ4n) is 7.82. The van der Waals surface area contributed by atoms with Crippen LogP contribution in [0.15, 0.2) is 24.3 Å². The molecule has 0 radical (unpaired) electrons. The summed E-state index contributed by atoms with van der Waals surface area (Å²) in [4.78, 5) is 65.6. The van der Waals surface area contributed by atoms with Gasteiger partial charge in [0.15, 0.2) is 0 Å². The van der Waals surface area contributed by atoms with E-state index < -0.39 is 42.4 Å². The number of piperidine rings is 1. The van der Waals surface area contributed by atoms with Crippen molar-refractivity contribution in [2.24, 2.45) is 11.8 Å². The molecule has 15 heteroatoms. The molecule has 7 rings (SSSR count). The van der Waals surface area contributed by atoms with E-state index in [4.69, 9.17) is 9.79 Å². The Morgan fingerprint density at radius 1 is 1.04 bits per heavy atom. The quantitative estimate of drug-likeness (QED) is 0.340. The number of thiophene rings is 1. The summed E-state index contributed by atoms with van der Waals surface area (Å²) in [6.45, 7) is 4.64. The fraction of sp³-hybridized carbons (Fsp3) is 0.645. The number of amides is 3. The Labute approximate surface area is 269 Å². The molecule has 1 aliphatic carbocycles. The van der Waals surface area contributed by atoms with Crippen LogP contribution in [0.2, 0.25) is 0 Å². The molecule has 5 fully saturated rings. The normalized spacial score (nSPS) is 30.3. The van der Waals surface area contributed by atoms with E-state index in [9.17, 15) is 32.8 Å². The summed E-state index contributed by atoms with van der Waals surface area (Å²) in [6.07, 6.45) is 5.02. The van der Waals surface area contributed by atoms with Crippen LogP contribution in [0.1, 0.15) is 67.1 Å². The number of aliphatic hydroxyl groups is 1. The molecule has 4 N–H and O–H groups in total. The summed E-state index contributed by atoms with van der Waals surface area (Å²) in [5.41, 5.74) is -5.86. The molecule has 5 heterocycles. The number of halogens is 2. The number of rotatable bonds is 6. The number of hydrogen-bond acceptors (Lipinski definition) is 7. The zero-order chi connectivity index (χ0) is 32.8. The number of nitrogens with one attached hydrogen (secondary N) is 1. The highest BCUT2D eigenvalue weighted by Gasteiger charge is 2.53. The van der Waals surface area contributed by atoms with E-state index in [0.717, 1.165) is 55.8 Å². The molecular formula is C31H39F2N4O7PS. The summed E-state index contributed by atoms with van der Waals surface area (Å²) < 4.78 is 40.4. The Balaban J connectivity index is 1.04. The van der Waals surface area contributed by atoms with Crippen LogP contribution in [0, 0.1) is 11.8 Å². The first-order valence-corrected chi connectivity index (χ1v) is 18.4. The van der Waals surface area contributed by atoms with Gasteiger partial charge in [-0.1, -0.05) is 6.07 Å². The lowest BCUT2D eigenvalue weighted by molar-refractivity contribution is -0.152. The number of alkyl halides is 2. The molecule has 5 aliphatic rings. The minimum atomic E-state index is -5.75. The topological polar surface area (TPSA) is 151 Å². The number of hydrogen-bond donors (Lipinski definition) is 4. The van der Waals surface area contributed by atoms with Crippen LogP contribution < -0.4 is 5.32 Å². The second-order valence-corrected chi connectivity index (χ2v) is 16.9. The Morgan fingerprint density at radius 3 is 2.43 bits per heavy atom. The molecule has 1 aromatic heterocycles. The molecule has 0 spiro atoms. The Kier molecular flexibility index (Phi) is 7.89. The van der Waals surface area contributed by atoms with Crippen molar-refractivity contribution in [1.82, 2.24) is 20.0 Å². The standard InChI is InChI=1S/C31H39F2N4O7PS/c1-30(41)6-8-35(9-7-30)22-15-36(16-22)29(40)24-4-3-21-12-17-10-18(17)13-23(28(39)37(21)24)34-27(38)26-14-19-11-20(2-5-25(19)46-26)31(32,33)45(42,43)44/h2,5,11,14,17-18,21-24,41H,3-4,6-10,12-13,15-16H2,1H3,(H,34,38)(H2,42,43,44)/t17-,18+,21-,23+,24+/m1/s1. The molecule has 1 saturated carbocycles. The maximum atomic E-state index is 14.3. The third-order valence-electron chi connectivity index (χ3n) is 10.8. The molecule has 3 amide bonds. The maximum Gasteiger partial charge on any atom is 0.399 e. The first-order chi connectivity index (χ1) is 21.6. The first-order valence-electron chi connectivity index (χ1n) is 16.0. The summed E-state index contributed by atoms with van der Waals surface area (Å²) in [5, 5.41) is 13.4. The van der Waals surface area contributed by atoms with Crippen molar-refractivity contribution in [2.75, 3.05) is 26.2 Å². The Morgan fingerprint density at radius 2 is 1.74 bits per heavy atom. The fourth-order valence-corrected chi connectivity index (χ4v) is 9.24. The molecule has 4 aliphatic heterocycles. The van der Waals surface area contributed by atoms with Gasteiger partial charge in [0, 0.05) is 48.5 Å². The van der Waals surface area contributed by atoms with Gasteiger partial charge in [0.25, 0.3) is 5.91 Å². The van der Waals surface area contributed by atoms with Crippen LogP contribution in [0.5, 0.6) is 0 Å². The summed E-state index contributed by atoms with van der Waals surface area (Å²) in [5.74, 6) is -0.101. The van der Waals surface area contributed by atoms with Crippen molar-refractivity contribution in [3.8, 4) is 0 Å². The van der Waals surface area contributed by atoms with E-state index in [0.29, 0.717) is 55.3 Å². The maximum absolute atomic E-state index is 14.3. The van der Waals surface area contributed by atoms with E-state index >= 15 is 0 Å². The monoisotopic (exact) mass is 680 g/mol. The lowest BCUT2D eigenvalue weighted by Gasteiger charge is -2.49. The molecule has 46 heavy (non-hydrogen) atoms. The lowest BCUT2D eigenvalue weighted by atomic mass is 9.91. The zero-order valence-corrected chi connectivity index (χ0v) is 27.2. The number of fused-ring (bicyclic) bond motifs is 3. The highest BCUT2D eigenvalue weighted by molar-refractivity contribution is 7.52. The van der Waals surface area contributed by atoms with E-state index in [1.54, 1.807) is 4.90 Å². The number of nitrogens with zero attached hydrogens (tertiary/aromatic N) is 3. The van der Waals surface area contributed by atoms with Gasteiger partial charge in [-0.15, -0.1) is 11.3 Å². The van der Waals surface area contributed by atoms with Crippen LogP contribution >= 0.6 is 18.9 Å². The number of carbonyl (C=O) groups is 3. The van der Waals surface area contributed by atoms with Crippen molar-refractivity contribution in [2.45, 2.75) is 87.3 Å². The molecule has 0 bridgehead atoms. The number of likely N-dealkylation sites (tertiary alicyclic amines) is 2. The summed E-state index contributed by atoms with van der Waals surface area (Å²) in [7, 11) is -5.75. The van der Waals surface area contributed by atoms with Crippen molar-refractivity contribution in [1.29, 1.82) is 0 Å². The van der Waals surface area contributed by atoms with Gasteiger partial charge in [0.1, 0.15) is 12.1 Å². The predicted molar refractivity (Wildman–Crippen MR) is 165 cm³/mol. The highest BCUT2D eigenvalue weighted by Crippen LogP contribution is 2.59. The van der Waals surface area contributed by atoms with Crippen molar-refractivity contribution in [3.05, 3.63) is 34.7 Å². The second kappa shape index (κ2) is 11.3. The third kappa shape index (κ3) is 5.79. The molecule has 4 saturated heterocycles. The SMILES string of the molecule is CC1(O)CCN(C2CN(C(=O)[C@@H]3CC[C@@H]4C[C@H]5C[C@H]5C[C@H](NC(=O)c5cc6cc(C(F)(F)P(=O)(O)O)ccc6s5)C(=O)N43)C2)CC1. The zero-order valence-electron chi connectivity index (χ0n) is 25.5. The number of carbonyl (C=O) groups excluding carboxylic acids is 3. The van der Waals surface area contributed by atoms with E-state index in [1.807, 2.05) is 11.8 Å². The first kappa shape index (κ1) is 32.1. The van der Waals surface area contributed by atoms with Crippen molar-refractivity contribution < 1.29 is 42.6 Å². The summed E-state index contributed by atoms with van der Waals surface area (Å²) >= 11 is 1.04. The summed E-state index contributed by atoms with van der Waals surface area (Å²) in [6, 6.07) is 3.38. The van der Waals surface area contributed by atoms with Gasteiger partial charge in [0.2, 0.25) is 11.8 Å². The smallest absolute Gasteiger partial charge is 0.390 e. The van der Waals surface area contributed by atoms with E-state index in [1.165, 1.54) is 12.1 Å². The second-order valence-electron chi connectivity index (χ2n) is 14.1. The molecule has 11 nitrogen and oxygen atoms in total. The van der Waals surface area contributed by atoms with Gasteiger partial charge in [-0.3, -0.25) is 23.8 Å². The Bertz CT molecular complexity index is 1610. The lowest BCUT2D eigenvalue weighted by Crippen LogP contribution is -2.66. The van der Waals surface area contributed by atoms with E-state index in [2.05, 4.69) is 10.2 Å². The third-order valence-corrected chi connectivity index (χ3v) is 13.0. The molecule has 2 aromatic rings. The highest BCUT2D eigenvalue weighted by atomic mass is 32.1. The minimum Gasteiger partial charge on any atom is -0.390 e. The van der Waals surface area contributed by atoms with Crippen molar-refractivity contribution in [3.63, 3.8) is 0 Å². The van der Waals surface area contributed by atoms with Crippen LogP contribution in [0.3, 0.4) is 0 Å². The van der Waals surface area contributed by atoms with E-state index in [-0.39, 0.29) is 34.2 Å². The van der Waals surface area contributed by atoms with Gasteiger partial charge < -0.3 is 30.0 Å². The van der Waals surface area contributed by atoms with Crippen LogP contribution in [-0.4, -0.2) is 103 Å². The molecular weight excluding hydrogens is 641 g/mol. The minimum absolute atomic E-state index is 0.0541. The molecule has 250 valence electrons. The molecule has 1 aromatic carbocycles. The largest absolute Gasteiger partial charge is 0.399 e. The van der Waals surface area contributed by atoms with Gasteiger partial charge in [-0.25, -0.2) is 0 Å². The van der Waals surface area contributed by atoms with Crippen LogP contribution in [-0.2, 0) is 19.8 Å². The Hall–Kier alpha value is -2.48. The van der Waals surface area contributed by atoms with Gasteiger partial charge >= 0.3 is 13.3 Å². The molecule has 5 atom stereocenters. The van der Waals surface area contributed by atoms with Gasteiger partial charge in [-0.05, 0) is 87.3 Å². The number of benzene rings is 1. The van der Waals surface area contributed by atoms with Gasteiger partial charge in [0.05, 0.1) is 10.5 Å². The van der Waals surface area contributed by atoms with Crippen molar-refractivity contribution >= 4 is 46.7 Å². The average Bonchev–Trinajstić information content (AvgIpc) is 3.33. The van der Waals surface area contributed by atoms with Gasteiger partial charge in [-0.2, -0.15) is 8.78 Å². The molecule has 0 unspecified atom stereocenters. The van der Waals surface area contributed by atoms with Crippen LogP contribution in [0.4, 0.5) is 8.78 Å².